The van der Waals surface area contributed by atoms with Crippen LogP contribution in [0.1, 0.15) is 28.6 Å². The summed E-state index contributed by atoms with van der Waals surface area (Å²) in [5.74, 6) is 0.317. The van der Waals surface area contributed by atoms with Gasteiger partial charge in [0.25, 0.3) is 5.91 Å². The van der Waals surface area contributed by atoms with Crippen molar-refractivity contribution in [3.8, 4) is 5.75 Å². The Hall–Kier alpha value is -2.76. The average molecular weight is 300 g/mol. The molecular formula is C16H16N2O4. The van der Waals surface area contributed by atoms with Crippen LogP contribution in [0.4, 0.5) is 0 Å². The Morgan fingerprint density at radius 1 is 1.18 bits per heavy atom. The zero-order valence-electron chi connectivity index (χ0n) is 11.9. The number of para-hydroxylation sites is 1. The van der Waals surface area contributed by atoms with Crippen molar-refractivity contribution < 1.29 is 18.7 Å². The van der Waals surface area contributed by atoms with E-state index in [1.165, 1.54) is 6.26 Å². The molecule has 2 heterocycles. The first-order valence-electron chi connectivity index (χ1n) is 7.07. The van der Waals surface area contributed by atoms with Gasteiger partial charge >= 0.3 is 0 Å². The Morgan fingerprint density at radius 3 is 2.86 bits per heavy atom. The van der Waals surface area contributed by atoms with Crippen LogP contribution in [-0.4, -0.2) is 25.0 Å². The molecule has 1 aromatic heterocycles. The molecule has 0 saturated carbocycles. The normalized spacial score (nSPS) is 16.3. The first kappa shape index (κ1) is 14.2. The van der Waals surface area contributed by atoms with Gasteiger partial charge in [-0.05, 0) is 18.2 Å². The lowest BCUT2D eigenvalue weighted by Crippen LogP contribution is -2.39. The molecule has 1 aromatic carbocycles. The van der Waals surface area contributed by atoms with Crippen molar-refractivity contribution in [1.82, 2.24) is 10.6 Å². The van der Waals surface area contributed by atoms with Gasteiger partial charge in [-0.3, -0.25) is 9.59 Å². The van der Waals surface area contributed by atoms with Crippen LogP contribution in [0.15, 0.2) is 47.1 Å². The number of furan rings is 1. The van der Waals surface area contributed by atoms with E-state index in [0.717, 1.165) is 11.3 Å². The molecule has 0 spiro atoms. The maximum atomic E-state index is 12.0. The van der Waals surface area contributed by atoms with Gasteiger partial charge in [-0.2, -0.15) is 0 Å². The number of hydrogen-bond acceptors (Lipinski definition) is 4. The quantitative estimate of drug-likeness (QED) is 0.899. The highest BCUT2D eigenvalue weighted by atomic mass is 16.5. The smallest absolute Gasteiger partial charge is 0.287 e. The molecule has 6 heteroatoms. The number of amides is 2. The zero-order valence-corrected chi connectivity index (χ0v) is 11.9. The number of carbonyl (C=O) groups excluding carboxylic acids is 2. The molecule has 0 fully saturated rings. The molecule has 1 aliphatic rings. The van der Waals surface area contributed by atoms with Gasteiger partial charge in [0.15, 0.2) is 5.76 Å². The number of carbonyl (C=O) groups is 2. The van der Waals surface area contributed by atoms with Crippen LogP contribution in [0, 0.1) is 0 Å². The van der Waals surface area contributed by atoms with Crippen molar-refractivity contribution in [3.63, 3.8) is 0 Å². The Bertz CT molecular complexity index is 667. The predicted molar refractivity (Wildman–Crippen MR) is 78.5 cm³/mol. The number of benzene rings is 1. The second kappa shape index (κ2) is 6.34. The van der Waals surface area contributed by atoms with E-state index in [1.807, 2.05) is 24.3 Å². The fourth-order valence-electron chi connectivity index (χ4n) is 2.39. The number of rotatable bonds is 4. The Labute approximate surface area is 127 Å². The topological polar surface area (TPSA) is 80.6 Å². The summed E-state index contributed by atoms with van der Waals surface area (Å²) in [7, 11) is 0. The fourth-order valence-corrected chi connectivity index (χ4v) is 2.39. The standard InChI is InChI=1S/C16H16N2O4/c19-15(10-17-16(20)14-6-3-8-21-14)18-12-7-9-22-13-5-2-1-4-11(12)13/h1-6,8,12H,7,9-10H2,(H,17,20)(H,18,19)/t12-/m0/s1. The molecule has 114 valence electrons. The van der Waals surface area contributed by atoms with E-state index in [0.29, 0.717) is 13.0 Å². The summed E-state index contributed by atoms with van der Waals surface area (Å²) in [5.41, 5.74) is 0.958. The first-order valence-corrected chi connectivity index (χ1v) is 7.07. The lowest BCUT2D eigenvalue weighted by atomic mass is 10.0. The van der Waals surface area contributed by atoms with Crippen molar-refractivity contribution in [2.75, 3.05) is 13.2 Å². The van der Waals surface area contributed by atoms with E-state index < -0.39 is 5.91 Å². The van der Waals surface area contributed by atoms with E-state index >= 15 is 0 Å². The molecule has 22 heavy (non-hydrogen) atoms. The molecule has 3 rings (SSSR count). The molecule has 0 aliphatic carbocycles. The summed E-state index contributed by atoms with van der Waals surface area (Å²) in [6, 6.07) is 10.7. The van der Waals surface area contributed by atoms with E-state index in [2.05, 4.69) is 10.6 Å². The monoisotopic (exact) mass is 300 g/mol. The lowest BCUT2D eigenvalue weighted by Gasteiger charge is -2.26. The summed E-state index contributed by atoms with van der Waals surface area (Å²) >= 11 is 0. The molecule has 1 aliphatic heterocycles. The van der Waals surface area contributed by atoms with E-state index in [9.17, 15) is 9.59 Å². The van der Waals surface area contributed by atoms with Crippen molar-refractivity contribution in [2.24, 2.45) is 0 Å². The third-order valence-electron chi connectivity index (χ3n) is 3.45. The van der Waals surface area contributed by atoms with Crippen molar-refractivity contribution in [1.29, 1.82) is 0 Å². The Morgan fingerprint density at radius 2 is 2.05 bits per heavy atom. The molecule has 0 radical (unpaired) electrons. The highest BCUT2D eigenvalue weighted by Crippen LogP contribution is 2.31. The lowest BCUT2D eigenvalue weighted by molar-refractivity contribution is -0.121. The number of ether oxygens (including phenoxy) is 1. The summed E-state index contributed by atoms with van der Waals surface area (Å²) in [5, 5.41) is 5.43. The van der Waals surface area contributed by atoms with Gasteiger partial charge in [-0.15, -0.1) is 0 Å². The minimum atomic E-state index is -0.410. The van der Waals surface area contributed by atoms with E-state index in [1.54, 1.807) is 12.1 Å². The highest BCUT2D eigenvalue weighted by molar-refractivity contribution is 5.94. The second-order valence-corrected chi connectivity index (χ2v) is 4.96. The van der Waals surface area contributed by atoms with Crippen LogP contribution < -0.4 is 15.4 Å². The van der Waals surface area contributed by atoms with Crippen molar-refractivity contribution in [3.05, 3.63) is 54.0 Å². The highest BCUT2D eigenvalue weighted by Gasteiger charge is 2.22. The van der Waals surface area contributed by atoms with Gasteiger partial charge in [0.1, 0.15) is 5.75 Å². The predicted octanol–water partition coefficient (Wildman–Crippen LogP) is 1.65. The maximum Gasteiger partial charge on any atom is 0.287 e. The third kappa shape index (κ3) is 3.11. The molecule has 2 amide bonds. The Balaban J connectivity index is 1.55. The second-order valence-electron chi connectivity index (χ2n) is 4.96. The van der Waals surface area contributed by atoms with Crippen LogP contribution in [-0.2, 0) is 4.79 Å². The fraction of sp³-hybridized carbons (Fsp3) is 0.250. The SMILES string of the molecule is O=C(CNC(=O)c1ccco1)N[C@H]1CCOc2ccccc21. The summed E-state index contributed by atoms with van der Waals surface area (Å²) in [6.45, 7) is 0.458. The zero-order chi connectivity index (χ0) is 15.4. The average Bonchev–Trinajstić information content (AvgIpc) is 3.07. The van der Waals surface area contributed by atoms with Crippen molar-refractivity contribution >= 4 is 11.8 Å². The van der Waals surface area contributed by atoms with Gasteiger partial charge in [0, 0.05) is 12.0 Å². The first-order chi connectivity index (χ1) is 10.7. The molecule has 2 aromatic rings. The number of nitrogens with one attached hydrogen (secondary N) is 2. The minimum absolute atomic E-state index is 0.0982. The van der Waals surface area contributed by atoms with Crippen molar-refractivity contribution in [2.45, 2.75) is 12.5 Å². The van der Waals surface area contributed by atoms with Gasteiger partial charge in [0.2, 0.25) is 5.91 Å². The maximum absolute atomic E-state index is 12.0. The molecule has 1 atom stereocenters. The van der Waals surface area contributed by atoms with Gasteiger partial charge in [-0.1, -0.05) is 18.2 Å². The van der Waals surface area contributed by atoms with Crippen LogP contribution in [0.5, 0.6) is 5.75 Å². The van der Waals surface area contributed by atoms with Gasteiger partial charge in [0.05, 0.1) is 25.5 Å². The largest absolute Gasteiger partial charge is 0.493 e. The summed E-state index contributed by atoms with van der Waals surface area (Å²) in [6.07, 6.45) is 2.11. The van der Waals surface area contributed by atoms with Gasteiger partial charge < -0.3 is 19.8 Å². The van der Waals surface area contributed by atoms with E-state index in [4.69, 9.17) is 9.15 Å². The number of hydrogen-bond donors (Lipinski definition) is 2. The number of fused-ring (bicyclic) bond motifs is 1. The molecular weight excluding hydrogens is 284 g/mol. The van der Waals surface area contributed by atoms with Crippen LogP contribution >= 0.6 is 0 Å². The molecule has 0 unspecified atom stereocenters. The Kier molecular flexibility index (Phi) is 4.09. The molecule has 6 nitrogen and oxygen atoms in total. The molecule has 0 saturated heterocycles. The van der Waals surface area contributed by atoms with Crippen LogP contribution in [0.3, 0.4) is 0 Å². The van der Waals surface area contributed by atoms with E-state index in [-0.39, 0.29) is 24.3 Å². The minimum Gasteiger partial charge on any atom is -0.493 e. The summed E-state index contributed by atoms with van der Waals surface area (Å²) < 4.78 is 10.5. The van der Waals surface area contributed by atoms with Gasteiger partial charge in [-0.25, -0.2) is 0 Å². The molecule has 2 N–H and O–H groups in total. The van der Waals surface area contributed by atoms with Crippen LogP contribution in [0.25, 0.3) is 0 Å². The molecule has 0 bridgehead atoms. The third-order valence-corrected chi connectivity index (χ3v) is 3.45. The van der Waals surface area contributed by atoms with Crippen LogP contribution in [0.2, 0.25) is 0 Å². The summed E-state index contributed by atoms with van der Waals surface area (Å²) in [4.78, 5) is 23.7.